The molecule has 8 nitrogen and oxygen atoms in total. The standard InChI is InChI=1S/C18H22N6O2/c1-18(2,3)16-22-21-14-10-23(7-8-24(14)16)17(26)20-13-6-4-5-11-12(13)9-19-15(11)25/h4-6H,7-10H2,1-3H3,(H,19,25)(H,20,26). The number of carbonyl (C=O) groups is 2. The second kappa shape index (κ2) is 5.82. The maximum atomic E-state index is 12.7. The van der Waals surface area contributed by atoms with Gasteiger partial charge in [-0.2, -0.15) is 0 Å². The molecule has 0 saturated heterocycles. The van der Waals surface area contributed by atoms with Crippen molar-refractivity contribution < 1.29 is 9.59 Å². The third kappa shape index (κ3) is 2.71. The number of nitrogens with one attached hydrogen (secondary N) is 2. The largest absolute Gasteiger partial charge is 0.348 e. The minimum absolute atomic E-state index is 0.0835. The molecule has 0 atom stereocenters. The molecule has 0 aliphatic carbocycles. The summed E-state index contributed by atoms with van der Waals surface area (Å²) in [5.74, 6) is 1.64. The number of fused-ring (bicyclic) bond motifs is 2. The minimum atomic E-state index is -0.190. The van der Waals surface area contributed by atoms with Gasteiger partial charge in [0.05, 0.1) is 6.54 Å². The summed E-state index contributed by atoms with van der Waals surface area (Å²) in [4.78, 5) is 26.2. The highest BCUT2D eigenvalue weighted by atomic mass is 16.2. The maximum Gasteiger partial charge on any atom is 0.322 e. The lowest BCUT2D eigenvalue weighted by Gasteiger charge is -2.30. The number of anilines is 1. The Bertz CT molecular complexity index is 896. The quantitative estimate of drug-likeness (QED) is 0.818. The third-order valence-electron chi connectivity index (χ3n) is 4.80. The number of aromatic nitrogens is 3. The van der Waals surface area contributed by atoms with Gasteiger partial charge in [-0.05, 0) is 12.1 Å². The van der Waals surface area contributed by atoms with Gasteiger partial charge in [-0.1, -0.05) is 26.8 Å². The van der Waals surface area contributed by atoms with Crippen molar-refractivity contribution >= 4 is 17.6 Å². The molecular formula is C18H22N6O2. The number of rotatable bonds is 1. The van der Waals surface area contributed by atoms with Crippen molar-refractivity contribution in [2.75, 3.05) is 11.9 Å². The number of amides is 3. The highest BCUT2D eigenvalue weighted by molar-refractivity contribution is 6.01. The molecule has 4 rings (SSSR count). The highest BCUT2D eigenvalue weighted by Gasteiger charge is 2.30. The van der Waals surface area contributed by atoms with Crippen molar-refractivity contribution in [2.45, 2.75) is 45.8 Å². The summed E-state index contributed by atoms with van der Waals surface area (Å²) in [5.41, 5.74) is 2.05. The van der Waals surface area contributed by atoms with Crippen LogP contribution < -0.4 is 10.6 Å². The Kier molecular flexibility index (Phi) is 3.71. The zero-order valence-corrected chi connectivity index (χ0v) is 15.2. The van der Waals surface area contributed by atoms with Gasteiger partial charge < -0.3 is 20.1 Å². The molecule has 0 fully saturated rings. The van der Waals surface area contributed by atoms with Gasteiger partial charge in [-0.25, -0.2) is 4.79 Å². The molecule has 2 aliphatic heterocycles. The summed E-state index contributed by atoms with van der Waals surface area (Å²) < 4.78 is 2.10. The van der Waals surface area contributed by atoms with E-state index in [4.69, 9.17) is 0 Å². The summed E-state index contributed by atoms with van der Waals surface area (Å²) >= 11 is 0. The van der Waals surface area contributed by atoms with Crippen LogP contribution in [-0.4, -0.2) is 38.1 Å². The molecule has 2 N–H and O–H groups in total. The van der Waals surface area contributed by atoms with Crippen molar-refractivity contribution in [3.63, 3.8) is 0 Å². The first-order chi connectivity index (χ1) is 12.3. The summed E-state index contributed by atoms with van der Waals surface area (Å²) in [7, 11) is 0. The monoisotopic (exact) mass is 354 g/mol. The van der Waals surface area contributed by atoms with Crippen molar-refractivity contribution in [1.29, 1.82) is 0 Å². The minimum Gasteiger partial charge on any atom is -0.348 e. The molecule has 2 aromatic rings. The van der Waals surface area contributed by atoms with Crippen LogP contribution in [0, 0.1) is 0 Å². The smallest absolute Gasteiger partial charge is 0.322 e. The maximum absolute atomic E-state index is 12.7. The lowest BCUT2D eigenvalue weighted by atomic mass is 9.95. The lowest BCUT2D eigenvalue weighted by Crippen LogP contribution is -2.41. The number of urea groups is 1. The molecule has 3 amide bonds. The van der Waals surface area contributed by atoms with E-state index in [1.165, 1.54) is 0 Å². The second-order valence-electron chi connectivity index (χ2n) is 7.71. The van der Waals surface area contributed by atoms with E-state index in [9.17, 15) is 9.59 Å². The van der Waals surface area contributed by atoms with Crippen LogP contribution in [-0.2, 0) is 25.0 Å². The van der Waals surface area contributed by atoms with E-state index in [2.05, 4.69) is 46.2 Å². The van der Waals surface area contributed by atoms with E-state index in [-0.39, 0.29) is 17.4 Å². The number of nitrogens with zero attached hydrogens (tertiary/aromatic N) is 4. The summed E-state index contributed by atoms with van der Waals surface area (Å²) in [5, 5.41) is 14.3. The van der Waals surface area contributed by atoms with E-state index >= 15 is 0 Å². The first-order valence-corrected chi connectivity index (χ1v) is 8.73. The second-order valence-corrected chi connectivity index (χ2v) is 7.71. The van der Waals surface area contributed by atoms with E-state index in [0.717, 1.165) is 17.2 Å². The van der Waals surface area contributed by atoms with Gasteiger partial charge in [0, 0.05) is 41.9 Å². The Labute approximate surface area is 151 Å². The van der Waals surface area contributed by atoms with Crippen LogP contribution in [0.1, 0.15) is 48.3 Å². The average molecular weight is 354 g/mol. The molecule has 0 radical (unpaired) electrons. The molecule has 0 unspecified atom stereocenters. The molecule has 1 aromatic carbocycles. The number of carbonyl (C=O) groups excluding carboxylic acids is 2. The predicted molar refractivity (Wildman–Crippen MR) is 95.8 cm³/mol. The van der Waals surface area contributed by atoms with E-state index in [1.807, 2.05) is 6.07 Å². The zero-order valence-electron chi connectivity index (χ0n) is 15.2. The van der Waals surface area contributed by atoms with Gasteiger partial charge in [0.1, 0.15) is 5.82 Å². The molecule has 136 valence electrons. The van der Waals surface area contributed by atoms with Gasteiger partial charge >= 0.3 is 6.03 Å². The summed E-state index contributed by atoms with van der Waals surface area (Å²) in [6.07, 6.45) is 0. The lowest BCUT2D eigenvalue weighted by molar-refractivity contribution is 0.0965. The van der Waals surface area contributed by atoms with E-state index < -0.39 is 0 Å². The average Bonchev–Trinajstić information content (AvgIpc) is 3.18. The number of benzene rings is 1. The Morgan fingerprint density at radius 2 is 2.04 bits per heavy atom. The molecule has 0 saturated carbocycles. The molecule has 26 heavy (non-hydrogen) atoms. The van der Waals surface area contributed by atoms with Crippen LogP contribution in [0.2, 0.25) is 0 Å². The van der Waals surface area contributed by atoms with E-state index in [1.54, 1.807) is 17.0 Å². The van der Waals surface area contributed by atoms with Crippen molar-refractivity contribution in [3.05, 3.63) is 41.0 Å². The highest BCUT2D eigenvalue weighted by Crippen LogP contribution is 2.26. The van der Waals surface area contributed by atoms with Crippen molar-refractivity contribution in [1.82, 2.24) is 25.0 Å². The normalized spacial score (nSPS) is 16.1. The van der Waals surface area contributed by atoms with Crippen molar-refractivity contribution in [2.24, 2.45) is 0 Å². The topological polar surface area (TPSA) is 92.2 Å². The first kappa shape index (κ1) is 16.6. The van der Waals surface area contributed by atoms with Crippen LogP contribution in [0.3, 0.4) is 0 Å². The molecular weight excluding hydrogens is 332 g/mol. The Morgan fingerprint density at radius 3 is 2.81 bits per heavy atom. The molecule has 1 aromatic heterocycles. The molecule has 8 heteroatoms. The number of hydrogen-bond donors (Lipinski definition) is 2. The van der Waals surface area contributed by atoms with Crippen LogP contribution >= 0.6 is 0 Å². The van der Waals surface area contributed by atoms with Gasteiger partial charge in [-0.3, -0.25) is 4.79 Å². The molecule has 0 bridgehead atoms. The molecule has 2 aliphatic rings. The Balaban J connectivity index is 1.51. The Hall–Kier alpha value is -2.90. The van der Waals surface area contributed by atoms with Gasteiger partial charge in [0.15, 0.2) is 5.82 Å². The summed E-state index contributed by atoms with van der Waals surface area (Å²) in [6.45, 7) is 8.44. The summed E-state index contributed by atoms with van der Waals surface area (Å²) in [6, 6.07) is 5.18. The van der Waals surface area contributed by atoms with Gasteiger partial charge in [0.2, 0.25) is 0 Å². The fraction of sp³-hybridized carbons (Fsp3) is 0.444. The van der Waals surface area contributed by atoms with Crippen molar-refractivity contribution in [3.8, 4) is 0 Å². The van der Waals surface area contributed by atoms with Crippen LogP contribution in [0.5, 0.6) is 0 Å². The first-order valence-electron chi connectivity index (χ1n) is 8.73. The van der Waals surface area contributed by atoms with Crippen LogP contribution in [0.4, 0.5) is 10.5 Å². The molecule has 3 heterocycles. The fourth-order valence-electron chi connectivity index (χ4n) is 3.45. The molecule has 0 spiro atoms. The van der Waals surface area contributed by atoms with Gasteiger partial charge in [-0.15, -0.1) is 10.2 Å². The number of hydrogen-bond acceptors (Lipinski definition) is 4. The SMILES string of the molecule is CC(C)(C)c1nnc2n1CCN(C(=O)Nc1cccc3c1CNC3=O)C2. The van der Waals surface area contributed by atoms with E-state index in [0.29, 0.717) is 37.4 Å². The Morgan fingerprint density at radius 1 is 1.23 bits per heavy atom. The zero-order chi connectivity index (χ0) is 18.5. The third-order valence-corrected chi connectivity index (χ3v) is 4.80. The van der Waals surface area contributed by atoms with Crippen LogP contribution in [0.15, 0.2) is 18.2 Å². The van der Waals surface area contributed by atoms with Gasteiger partial charge in [0.25, 0.3) is 5.91 Å². The predicted octanol–water partition coefficient (Wildman–Crippen LogP) is 1.87. The fourth-order valence-corrected chi connectivity index (χ4v) is 3.45. The van der Waals surface area contributed by atoms with Crippen LogP contribution in [0.25, 0.3) is 0 Å².